The lowest BCUT2D eigenvalue weighted by atomic mass is 9.99. The predicted molar refractivity (Wildman–Crippen MR) is 87.4 cm³/mol. The molecule has 0 aliphatic heterocycles. The average Bonchev–Trinajstić information content (AvgIpc) is 2.50. The normalized spacial score (nSPS) is 12.0. The number of halogens is 1. The van der Waals surface area contributed by atoms with Crippen LogP contribution in [0.4, 0.5) is 0 Å². The molecule has 0 aromatic heterocycles. The molecule has 0 fully saturated rings. The van der Waals surface area contributed by atoms with E-state index >= 15 is 0 Å². The standard InChI is InChI=1S/C17H18BrNO2/c1-21-15-7-8-16(18)13(10-15)9-14(20)11-17(19)12-5-3-2-4-6-12/h2-8,10,17H,9,11,19H2,1H3. The van der Waals surface area contributed by atoms with E-state index in [0.717, 1.165) is 21.3 Å². The number of hydrogen-bond donors (Lipinski definition) is 1. The van der Waals surface area contributed by atoms with Crippen LogP contribution in [0, 0.1) is 0 Å². The molecule has 2 aromatic rings. The van der Waals surface area contributed by atoms with Crippen molar-refractivity contribution in [3.8, 4) is 5.75 Å². The summed E-state index contributed by atoms with van der Waals surface area (Å²) >= 11 is 3.46. The molecule has 0 aliphatic rings. The molecule has 2 aromatic carbocycles. The Kier molecular flexibility index (Phi) is 5.53. The lowest BCUT2D eigenvalue weighted by molar-refractivity contribution is -0.118. The van der Waals surface area contributed by atoms with Crippen LogP contribution in [-0.2, 0) is 11.2 Å². The highest BCUT2D eigenvalue weighted by Gasteiger charge is 2.13. The molecule has 2 N–H and O–H groups in total. The van der Waals surface area contributed by atoms with Crippen molar-refractivity contribution < 1.29 is 9.53 Å². The van der Waals surface area contributed by atoms with Crippen LogP contribution in [-0.4, -0.2) is 12.9 Å². The van der Waals surface area contributed by atoms with Gasteiger partial charge in [0.15, 0.2) is 0 Å². The van der Waals surface area contributed by atoms with Gasteiger partial charge in [-0.3, -0.25) is 4.79 Å². The fraction of sp³-hybridized carbons (Fsp3) is 0.235. The first-order valence-electron chi connectivity index (χ1n) is 6.75. The van der Waals surface area contributed by atoms with Crippen LogP contribution in [0.2, 0.25) is 0 Å². The molecule has 0 saturated carbocycles. The van der Waals surface area contributed by atoms with Gasteiger partial charge in [-0.1, -0.05) is 46.3 Å². The monoisotopic (exact) mass is 347 g/mol. The van der Waals surface area contributed by atoms with E-state index in [9.17, 15) is 4.79 Å². The molecule has 0 spiro atoms. The van der Waals surface area contributed by atoms with Crippen molar-refractivity contribution >= 4 is 21.7 Å². The molecule has 0 heterocycles. The topological polar surface area (TPSA) is 52.3 Å². The maximum atomic E-state index is 12.2. The summed E-state index contributed by atoms with van der Waals surface area (Å²) in [6.45, 7) is 0. The Balaban J connectivity index is 2.02. The van der Waals surface area contributed by atoms with Crippen molar-refractivity contribution in [2.75, 3.05) is 7.11 Å². The SMILES string of the molecule is COc1ccc(Br)c(CC(=O)CC(N)c2ccccc2)c1. The lowest BCUT2D eigenvalue weighted by Crippen LogP contribution is -2.16. The summed E-state index contributed by atoms with van der Waals surface area (Å²) in [7, 11) is 1.61. The number of nitrogens with two attached hydrogens (primary N) is 1. The minimum atomic E-state index is -0.261. The minimum absolute atomic E-state index is 0.111. The summed E-state index contributed by atoms with van der Waals surface area (Å²) < 4.78 is 6.09. The van der Waals surface area contributed by atoms with Gasteiger partial charge in [0.05, 0.1) is 7.11 Å². The van der Waals surface area contributed by atoms with E-state index < -0.39 is 0 Å². The maximum Gasteiger partial charge on any atom is 0.139 e. The number of carbonyl (C=O) groups excluding carboxylic acids is 1. The molecule has 21 heavy (non-hydrogen) atoms. The Hall–Kier alpha value is -1.65. The molecule has 110 valence electrons. The minimum Gasteiger partial charge on any atom is -0.497 e. The van der Waals surface area contributed by atoms with Crippen LogP contribution in [0.3, 0.4) is 0 Å². The molecule has 0 radical (unpaired) electrons. The third kappa shape index (κ3) is 4.41. The first kappa shape index (κ1) is 15.7. The second-order valence-corrected chi connectivity index (χ2v) is 5.75. The van der Waals surface area contributed by atoms with E-state index in [0.29, 0.717) is 12.8 Å². The molecule has 0 aliphatic carbocycles. The summed E-state index contributed by atoms with van der Waals surface area (Å²) in [6, 6.07) is 15.0. The zero-order valence-corrected chi connectivity index (χ0v) is 13.5. The Morgan fingerprint density at radius 3 is 2.62 bits per heavy atom. The zero-order chi connectivity index (χ0) is 15.2. The quantitative estimate of drug-likeness (QED) is 0.867. The van der Waals surface area contributed by atoms with Crippen molar-refractivity contribution in [2.24, 2.45) is 5.73 Å². The number of methoxy groups -OCH3 is 1. The number of rotatable bonds is 6. The number of hydrogen-bond acceptors (Lipinski definition) is 3. The first-order chi connectivity index (χ1) is 10.1. The van der Waals surface area contributed by atoms with E-state index in [-0.39, 0.29) is 11.8 Å². The molecular weight excluding hydrogens is 330 g/mol. The molecule has 1 atom stereocenters. The van der Waals surface area contributed by atoms with Gasteiger partial charge in [-0.2, -0.15) is 0 Å². The number of Topliss-reactive ketones (excluding diaryl/α,β-unsaturated/α-hetero) is 1. The number of ether oxygens (including phenoxy) is 1. The van der Waals surface area contributed by atoms with Crippen molar-refractivity contribution in [1.29, 1.82) is 0 Å². The van der Waals surface area contributed by atoms with Crippen molar-refractivity contribution in [2.45, 2.75) is 18.9 Å². The maximum absolute atomic E-state index is 12.2. The summed E-state index contributed by atoms with van der Waals surface area (Å²) in [5.74, 6) is 0.855. The van der Waals surface area contributed by atoms with E-state index in [4.69, 9.17) is 10.5 Å². The van der Waals surface area contributed by atoms with Crippen LogP contribution < -0.4 is 10.5 Å². The Morgan fingerprint density at radius 1 is 1.24 bits per heavy atom. The van der Waals surface area contributed by atoms with E-state index in [1.54, 1.807) is 7.11 Å². The van der Waals surface area contributed by atoms with E-state index in [1.165, 1.54) is 0 Å². The van der Waals surface area contributed by atoms with Gasteiger partial charge < -0.3 is 10.5 Å². The van der Waals surface area contributed by atoms with Gasteiger partial charge in [0.2, 0.25) is 0 Å². The van der Waals surface area contributed by atoms with Crippen LogP contribution in [0.25, 0.3) is 0 Å². The Morgan fingerprint density at radius 2 is 1.95 bits per heavy atom. The number of carbonyl (C=O) groups is 1. The second-order valence-electron chi connectivity index (χ2n) is 4.89. The predicted octanol–water partition coefficient (Wildman–Crippen LogP) is 3.66. The van der Waals surface area contributed by atoms with Gasteiger partial charge >= 0.3 is 0 Å². The van der Waals surface area contributed by atoms with Crippen LogP contribution in [0.15, 0.2) is 53.0 Å². The van der Waals surface area contributed by atoms with E-state index in [1.807, 2.05) is 48.5 Å². The number of benzene rings is 2. The van der Waals surface area contributed by atoms with Gasteiger partial charge in [-0.25, -0.2) is 0 Å². The zero-order valence-electron chi connectivity index (χ0n) is 11.9. The molecule has 1 unspecified atom stereocenters. The van der Waals surface area contributed by atoms with Gasteiger partial charge in [0, 0.05) is 23.4 Å². The lowest BCUT2D eigenvalue weighted by Gasteiger charge is -2.12. The summed E-state index contributed by atoms with van der Waals surface area (Å²) in [6.07, 6.45) is 0.673. The van der Waals surface area contributed by atoms with E-state index in [2.05, 4.69) is 15.9 Å². The van der Waals surface area contributed by atoms with Gasteiger partial charge in [-0.15, -0.1) is 0 Å². The fourth-order valence-electron chi connectivity index (χ4n) is 2.16. The third-order valence-electron chi connectivity index (χ3n) is 3.32. The first-order valence-corrected chi connectivity index (χ1v) is 7.54. The van der Waals surface area contributed by atoms with Gasteiger partial charge in [0.1, 0.15) is 11.5 Å². The van der Waals surface area contributed by atoms with Crippen LogP contribution in [0.5, 0.6) is 5.75 Å². The summed E-state index contributed by atoms with van der Waals surface area (Å²) in [5, 5.41) is 0. The van der Waals surface area contributed by atoms with Crippen LogP contribution in [0.1, 0.15) is 23.6 Å². The second kappa shape index (κ2) is 7.38. The van der Waals surface area contributed by atoms with Gasteiger partial charge in [0.25, 0.3) is 0 Å². The van der Waals surface area contributed by atoms with Crippen LogP contribution >= 0.6 is 15.9 Å². The summed E-state index contributed by atoms with van der Waals surface area (Å²) in [4.78, 5) is 12.2. The fourth-order valence-corrected chi connectivity index (χ4v) is 2.55. The van der Waals surface area contributed by atoms with Gasteiger partial charge in [-0.05, 0) is 29.3 Å². The molecule has 0 bridgehead atoms. The molecule has 0 saturated heterocycles. The molecule has 3 nitrogen and oxygen atoms in total. The van der Waals surface area contributed by atoms with Crippen molar-refractivity contribution in [3.63, 3.8) is 0 Å². The third-order valence-corrected chi connectivity index (χ3v) is 4.09. The average molecular weight is 348 g/mol. The molecule has 2 rings (SSSR count). The molecule has 0 amide bonds. The van der Waals surface area contributed by atoms with Crippen molar-refractivity contribution in [3.05, 3.63) is 64.1 Å². The number of ketones is 1. The van der Waals surface area contributed by atoms with Crippen molar-refractivity contribution in [1.82, 2.24) is 0 Å². The Bertz CT molecular complexity index is 613. The smallest absolute Gasteiger partial charge is 0.139 e. The summed E-state index contributed by atoms with van der Waals surface area (Å²) in [5.41, 5.74) is 7.98. The molecular formula is C17H18BrNO2. The highest BCUT2D eigenvalue weighted by atomic mass is 79.9. The largest absolute Gasteiger partial charge is 0.497 e. The highest BCUT2D eigenvalue weighted by Crippen LogP contribution is 2.24. The highest BCUT2D eigenvalue weighted by molar-refractivity contribution is 9.10. The molecule has 4 heteroatoms. The Labute approximate surface area is 133 Å².